The van der Waals surface area contributed by atoms with Crippen LogP contribution in [-0.4, -0.2) is 50.4 Å². The Morgan fingerprint density at radius 3 is 2.54 bits per heavy atom. The smallest absolute Gasteiger partial charge is 0.257 e. The number of hydrogen-bond donors (Lipinski definition) is 0. The standard InChI is InChI=1S/C17H21N5O2/c1-10-7-11(2)20-16(19-10)15-9-22(5-6-24-15)17(23)14-8-18-13(4)21-12(14)3/h7-8,15H,5-6,9H2,1-4H3/t15-/m0/s1. The maximum absolute atomic E-state index is 12.8. The van der Waals surface area contributed by atoms with Gasteiger partial charge in [-0.05, 0) is 33.8 Å². The predicted octanol–water partition coefficient (Wildman–Crippen LogP) is 1.71. The second-order valence-electron chi connectivity index (χ2n) is 6.04. The van der Waals surface area contributed by atoms with Crippen LogP contribution in [0.2, 0.25) is 0 Å². The zero-order valence-electron chi connectivity index (χ0n) is 14.4. The van der Waals surface area contributed by atoms with Crippen LogP contribution in [0.1, 0.15) is 45.2 Å². The summed E-state index contributed by atoms with van der Waals surface area (Å²) in [5.74, 6) is 1.21. The Bertz CT molecular complexity index is 757. The van der Waals surface area contributed by atoms with Gasteiger partial charge in [-0.1, -0.05) is 0 Å². The van der Waals surface area contributed by atoms with Gasteiger partial charge in [0.25, 0.3) is 5.91 Å². The molecule has 24 heavy (non-hydrogen) atoms. The molecule has 1 atom stereocenters. The Morgan fingerprint density at radius 2 is 1.88 bits per heavy atom. The van der Waals surface area contributed by atoms with Crippen molar-refractivity contribution in [3.05, 3.63) is 46.6 Å². The van der Waals surface area contributed by atoms with E-state index in [4.69, 9.17) is 4.74 Å². The molecule has 7 heteroatoms. The molecule has 0 radical (unpaired) electrons. The number of aromatic nitrogens is 4. The van der Waals surface area contributed by atoms with Gasteiger partial charge in [-0.15, -0.1) is 0 Å². The summed E-state index contributed by atoms with van der Waals surface area (Å²) >= 11 is 0. The molecule has 2 aromatic rings. The van der Waals surface area contributed by atoms with Crippen LogP contribution in [0.5, 0.6) is 0 Å². The molecule has 1 amide bonds. The van der Waals surface area contributed by atoms with Gasteiger partial charge in [-0.3, -0.25) is 4.79 Å². The van der Waals surface area contributed by atoms with E-state index in [2.05, 4.69) is 19.9 Å². The number of carbonyl (C=O) groups excluding carboxylic acids is 1. The molecule has 0 bridgehead atoms. The topological polar surface area (TPSA) is 81.1 Å². The fraction of sp³-hybridized carbons (Fsp3) is 0.471. The zero-order chi connectivity index (χ0) is 17.3. The van der Waals surface area contributed by atoms with Crippen LogP contribution in [0.4, 0.5) is 0 Å². The Kier molecular flexibility index (Phi) is 4.53. The maximum Gasteiger partial charge on any atom is 0.257 e. The average Bonchev–Trinajstić information content (AvgIpc) is 2.53. The second kappa shape index (κ2) is 6.60. The van der Waals surface area contributed by atoms with Gasteiger partial charge in [0, 0.05) is 24.1 Å². The first-order chi connectivity index (χ1) is 11.4. The highest BCUT2D eigenvalue weighted by molar-refractivity contribution is 5.95. The number of morpholine rings is 1. The van der Waals surface area contributed by atoms with Crippen LogP contribution >= 0.6 is 0 Å². The number of aryl methyl sites for hydroxylation is 4. The predicted molar refractivity (Wildman–Crippen MR) is 87.6 cm³/mol. The number of ether oxygens (including phenoxy) is 1. The third-order valence-electron chi connectivity index (χ3n) is 3.97. The van der Waals surface area contributed by atoms with Gasteiger partial charge in [0.2, 0.25) is 0 Å². The first-order valence-corrected chi connectivity index (χ1v) is 7.97. The van der Waals surface area contributed by atoms with Crippen LogP contribution in [0, 0.1) is 27.7 Å². The fourth-order valence-corrected chi connectivity index (χ4v) is 2.85. The van der Waals surface area contributed by atoms with E-state index in [1.807, 2.05) is 33.8 Å². The number of nitrogens with zero attached hydrogens (tertiary/aromatic N) is 5. The van der Waals surface area contributed by atoms with Crippen molar-refractivity contribution in [2.24, 2.45) is 0 Å². The van der Waals surface area contributed by atoms with Crippen LogP contribution in [0.15, 0.2) is 12.3 Å². The lowest BCUT2D eigenvalue weighted by atomic mass is 10.1. The van der Waals surface area contributed by atoms with Crippen molar-refractivity contribution < 1.29 is 9.53 Å². The van der Waals surface area contributed by atoms with Crippen LogP contribution < -0.4 is 0 Å². The van der Waals surface area contributed by atoms with Gasteiger partial charge in [-0.25, -0.2) is 19.9 Å². The minimum Gasteiger partial charge on any atom is -0.367 e. The van der Waals surface area contributed by atoms with Crippen molar-refractivity contribution in [3.8, 4) is 0 Å². The summed E-state index contributed by atoms with van der Waals surface area (Å²) in [6, 6.07) is 1.92. The molecule has 0 aliphatic carbocycles. The minimum absolute atomic E-state index is 0.0785. The summed E-state index contributed by atoms with van der Waals surface area (Å²) in [6.07, 6.45) is 1.28. The SMILES string of the molecule is Cc1cc(C)nc([C@@H]2CN(C(=O)c3cnc(C)nc3C)CCO2)n1. The van der Waals surface area contributed by atoms with E-state index >= 15 is 0 Å². The van der Waals surface area contributed by atoms with E-state index < -0.39 is 0 Å². The molecule has 0 N–H and O–H groups in total. The molecule has 0 unspecified atom stereocenters. The molecule has 2 aromatic heterocycles. The van der Waals surface area contributed by atoms with Gasteiger partial charge in [-0.2, -0.15) is 0 Å². The van der Waals surface area contributed by atoms with Crippen molar-refractivity contribution in [3.63, 3.8) is 0 Å². The molecule has 1 saturated heterocycles. The van der Waals surface area contributed by atoms with E-state index in [9.17, 15) is 4.79 Å². The Balaban J connectivity index is 1.81. The molecule has 7 nitrogen and oxygen atoms in total. The van der Waals surface area contributed by atoms with E-state index in [0.717, 1.165) is 11.4 Å². The van der Waals surface area contributed by atoms with E-state index in [1.54, 1.807) is 11.1 Å². The van der Waals surface area contributed by atoms with Gasteiger partial charge in [0.1, 0.15) is 11.9 Å². The van der Waals surface area contributed by atoms with Crippen molar-refractivity contribution in [1.29, 1.82) is 0 Å². The molecular formula is C17H21N5O2. The fourth-order valence-electron chi connectivity index (χ4n) is 2.85. The van der Waals surface area contributed by atoms with Gasteiger partial charge >= 0.3 is 0 Å². The molecule has 3 rings (SSSR count). The zero-order valence-corrected chi connectivity index (χ0v) is 14.4. The number of hydrogen-bond acceptors (Lipinski definition) is 6. The molecule has 0 aromatic carbocycles. The van der Waals surface area contributed by atoms with Crippen molar-refractivity contribution in [1.82, 2.24) is 24.8 Å². The highest BCUT2D eigenvalue weighted by Crippen LogP contribution is 2.21. The maximum atomic E-state index is 12.8. The van der Waals surface area contributed by atoms with Crippen LogP contribution in [-0.2, 0) is 4.74 Å². The highest BCUT2D eigenvalue weighted by Gasteiger charge is 2.29. The van der Waals surface area contributed by atoms with Crippen molar-refractivity contribution in [2.45, 2.75) is 33.8 Å². The lowest BCUT2D eigenvalue weighted by Crippen LogP contribution is -2.43. The number of rotatable bonds is 2. The second-order valence-corrected chi connectivity index (χ2v) is 6.04. The van der Waals surface area contributed by atoms with Crippen LogP contribution in [0.25, 0.3) is 0 Å². The van der Waals surface area contributed by atoms with Crippen LogP contribution in [0.3, 0.4) is 0 Å². The molecule has 0 spiro atoms. The largest absolute Gasteiger partial charge is 0.367 e. The van der Waals surface area contributed by atoms with E-state index in [1.165, 1.54) is 0 Å². The number of carbonyl (C=O) groups is 1. The minimum atomic E-state index is -0.312. The van der Waals surface area contributed by atoms with E-state index in [-0.39, 0.29) is 12.0 Å². The molecule has 0 saturated carbocycles. The van der Waals surface area contributed by atoms with Gasteiger partial charge in [0.15, 0.2) is 5.82 Å². The normalized spacial score (nSPS) is 17.8. The quantitative estimate of drug-likeness (QED) is 0.835. The monoisotopic (exact) mass is 327 g/mol. The molecule has 126 valence electrons. The summed E-state index contributed by atoms with van der Waals surface area (Å²) in [5.41, 5.74) is 3.01. The van der Waals surface area contributed by atoms with Crippen molar-refractivity contribution in [2.75, 3.05) is 19.7 Å². The molecule has 1 aliphatic rings. The molecule has 3 heterocycles. The Hall–Kier alpha value is -2.41. The van der Waals surface area contributed by atoms with Crippen molar-refractivity contribution >= 4 is 5.91 Å². The summed E-state index contributed by atoms with van der Waals surface area (Å²) in [4.78, 5) is 31.9. The molecule has 1 aliphatic heterocycles. The lowest BCUT2D eigenvalue weighted by molar-refractivity contribution is -0.0270. The number of amides is 1. The summed E-state index contributed by atoms with van der Waals surface area (Å²) in [7, 11) is 0. The third-order valence-corrected chi connectivity index (χ3v) is 3.97. The summed E-state index contributed by atoms with van der Waals surface area (Å²) in [5, 5.41) is 0. The first-order valence-electron chi connectivity index (χ1n) is 7.97. The Morgan fingerprint density at radius 1 is 1.17 bits per heavy atom. The molecule has 1 fully saturated rings. The third kappa shape index (κ3) is 3.41. The van der Waals surface area contributed by atoms with Gasteiger partial charge in [0.05, 0.1) is 24.4 Å². The summed E-state index contributed by atoms with van der Waals surface area (Å²) in [6.45, 7) is 8.91. The van der Waals surface area contributed by atoms with Gasteiger partial charge < -0.3 is 9.64 Å². The Labute approximate surface area is 141 Å². The summed E-state index contributed by atoms with van der Waals surface area (Å²) < 4.78 is 5.79. The first kappa shape index (κ1) is 16.4. The highest BCUT2D eigenvalue weighted by atomic mass is 16.5. The van der Waals surface area contributed by atoms with E-state index in [0.29, 0.717) is 42.6 Å². The molecular weight excluding hydrogens is 306 g/mol. The lowest BCUT2D eigenvalue weighted by Gasteiger charge is -2.32. The average molecular weight is 327 g/mol.